The van der Waals surface area contributed by atoms with Gasteiger partial charge in [-0.1, -0.05) is 13.0 Å². The molecule has 7 atom stereocenters. The number of anilines is 1. The summed E-state index contributed by atoms with van der Waals surface area (Å²) in [4.78, 5) is 44.6. The molecule has 1 aromatic heterocycles. The number of hydrogen-bond donors (Lipinski definition) is 8. The largest absolute Gasteiger partial charge is 0.508 e. The number of nitrogens with one attached hydrogen (secondary N) is 1. The summed E-state index contributed by atoms with van der Waals surface area (Å²) in [5.41, 5.74) is 0.941. The molecular formula is C45H51N3O13. The van der Waals surface area contributed by atoms with Gasteiger partial charge in [0.25, 0.3) is 0 Å². The highest BCUT2D eigenvalue weighted by Crippen LogP contribution is 2.50. The van der Waals surface area contributed by atoms with E-state index in [2.05, 4.69) is 15.2 Å². The Balaban J connectivity index is 1.17. The number of allylic oxidation sites excluding steroid dienone is 2. The molecule has 8 N–H and O–H groups in total. The summed E-state index contributed by atoms with van der Waals surface area (Å²) in [5, 5.41) is 79.2. The molecule has 0 saturated carbocycles. The molecule has 0 unspecified atom stereocenters. The fraction of sp³-hybridized carbons (Fsp3) is 0.444. The number of ether oxygens (including phenoxy) is 1. The third kappa shape index (κ3) is 7.89. The SMILES string of the molecule is CCC1=C2C=CN=C2CN1c1c2c(cc3c(=O)cc(C)oc13)C[C@@H](OOC[C@@](O)(Cc1ccc(O)c3ccc(O)cc13)[C@@H](O)[C@H](O)[C@H](O)CO)[C@@](C)(CC[C@H]1CNC(=O)C1)O2. The quantitative estimate of drug-likeness (QED) is 0.0634. The first-order valence-electron chi connectivity index (χ1n) is 20.5. The number of nitrogens with zero attached hydrogens (tertiary/aromatic N) is 2. The average molecular weight is 842 g/mol. The molecule has 4 aromatic rings. The second-order valence-corrected chi connectivity index (χ2v) is 16.8. The van der Waals surface area contributed by atoms with Gasteiger partial charge in [-0.25, -0.2) is 9.78 Å². The molecule has 3 aromatic carbocycles. The van der Waals surface area contributed by atoms with Crippen molar-refractivity contribution in [3.8, 4) is 17.2 Å². The number of carbonyl (C=O) groups is 1. The monoisotopic (exact) mass is 841 g/mol. The summed E-state index contributed by atoms with van der Waals surface area (Å²) < 4.78 is 13.4. The van der Waals surface area contributed by atoms with Crippen LogP contribution >= 0.6 is 0 Å². The number of phenols is 2. The Morgan fingerprint density at radius 2 is 1.87 bits per heavy atom. The van der Waals surface area contributed by atoms with Crippen LogP contribution in [-0.2, 0) is 27.4 Å². The third-order valence-electron chi connectivity index (χ3n) is 12.5. The molecule has 4 aliphatic heterocycles. The minimum atomic E-state index is -2.40. The molecule has 16 heteroatoms. The van der Waals surface area contributed by atoms with E-state index in [-0.39, 0.29) is 35.2 Å². The zero-order valence-corrected chi connectivity index (χ0v) is 34.1. The number of fused-ring (bicyclic) bond motifs is 4. The molecule has 16 nitrogen and oxygen atoms in total. The summed E-state index contributed by atoms with van der Waals surface area (Å²) in [5.74, 6) is 0.660. The van der Waals surface area contributed by atoms with Crippen molar-refractivity contribution in [1.82, 2.24) is 5.32 Å². The molecule has 0 aliphatic carbocycles. The number of benzene rings is 3. The number of aromatic hydroxyl groups is 2. The summed E-state index contributed by atoms with van der Waals surface area (Å²) in [6.07, 6.45) is -1.51. The lowest BCUT2D eigenvalue weighted by Crippen LogP contribution is -2.58. The summed E-state index contributed by atoms with van der Waals surface area (Å²) >= 11 is 0. The maximum atomic E-state index is 13.6. The van der Waals surface area contributed by atoms with Gasteiger partial charge in [0, 0.05) is 60.3 Å². The van der Waals surface area contributed by atoms with Crippen molar-refractivity contribution < 1.29 is 59.5 Å². The number of hydrogen-bond acceptors (Lipinski definition) is 15. The van der Waals surface area contributed by atoms with Crippen LogP contribution in [0.4, 0.5) is 5.69 Å². The molecule has 4 aliphatic rings. The van der Waals surface area contributed by atoms with Gasteiger partial charge in [0.2, 0.25) is 5.91 Å². The highest BCUT2D eigenvalue weighted by molar-refractivity contribution is 6.13. The Hall–Kier alpha value is -5.33. The van der Waals surface area contributed by atoms with Crippen LogP contribution in [0.15, 0.2) is 80.2 Å². The van der Waals surface area contributed by atoms with Crippen molar-refractivity contribution in [3.05, 3.63) is 93.1 Å². The second-order valence-electron chi connectivity index (χ2n) is 16.8. The van der Waals surface area contributed by atoms with Crippen molar-refractivity contribution in [2.45, 2.75) is 94.9 Å². The van der Waals surface area contributed by atoms with E-state index in [4.69, 9.17) is 18.9 Å². The maximum Gasteiger partial charge on any atom is 0.220 e. The van der Waals surface area contributed by atoms with Crippen LogP contribution in [0.5, 0.6) is 17.2 Å². The number of aliphatic hydroxyl groups is 5. The number of amides is 1. The Morgan fingerprint density at radius 1 is 1.07 bits per heavy atom. The number of aliphatic imine (C=N–C) groups is 1. The predicted molar refractivity (Wildman–Crippen MR) is 223 cm³/mol. The van der Waals surface area contributed by atoms with E-state index in [9.17, 15) is 45.3 Å². The fourth-order valence-corrected chi connectivity index (χ4v) is 9.06. The van der Waals surface area contributed by atoms with Gasteiger partial charge in [-0.15, -0.1) is 0 Å². The van der Waals surface area contributed by atoms with Crippen LogP contribution in [0.25, 0.3) is 21.7 Å². The molecule has 1 fully saturated rings. The first-order valence-corrected chi connectivity index (χ1v) is 20.5. The third-order valence-corrected chi connectivity index (χ3v) is 12.5. The minimum absolute atomic E-state index is 0.0195. The lowest BCUT2D eigenvalue weighted by Gasteiger charge is -2.44. The smallest absolute Gasteiger partial charge is 0.220 e. The van der Waals surface area contributed by atoms with Crippen LogP contribution in [0, 0.1) is 12.8 Å². The molecule has 8 rings (SSSR count). The Morgan fingerprint density at radius 3 is 2.61 bits per heavy atom. The number of aliphatic hydroxyl groups excluding tert-OH is 4. The Kier molecular flexibility index (Phi) is 11.5. The van der Waals surface area contributed by atoms with E-state index >= 15 is 0 Å². The van der Waals surface area contributed by atoms with Crippen molar-refractivity contribution in [2.24, 2.45) is 10.9 Å². The van der Waals surface area contributed by atoms with Gasteiger partial charge in [0.05, 0.1) is 24.2 Å². The molecular weight excluding hydrogens is 791 g/mol. The Bertz CT molecular complexity index is 2530. The van der Waals surface area contributed by atoms with Crippen LogP contribution in [0.2, 0.25) is 0 Å². The maximum absolute atomic E-state index is 13.6. The fourth-order valence-electron chi connectivity index (χ4n) is 9.06. The Labute approximate surface area is 350 Å². The second kappa shape index (κ2) is 16.5. The zero-order chi connectivity index (χ0) is 43.4. The number of aryl methyl sites for hydroxylation is 1. The molecule has 1 saturated heterocycles. The van der Waals surface area contributed by atoms with Crippen molar-refractivity contribution in [1.29, 1.82) is 0 Å². The van der Waals surface area contributed by atoms with E-state index in [1.54, 1.807) is 19.2 Å². The topological polar surface area (TPSA) is 244 Å². The van der Waals surface area contributed by atoms with Gasteiger partial charge in [-0.2, -0.15) is 0 Å². The molecule has 61 heavy (non-hydrogen) atoms. The molecule has 0 radical (unpaired) electrons. The van der Waals surface area contributed by atoms with Crippen molar-refractivity contribution in [3.63, 3.8) is 0 Å². The zero-order valence-electron chi connectivity index (χ0n) is 34.1. The van der Waals surface area contributed by atoms with Gasteiger partial charge in [0.1, 0.15) is 65.2 Å². The van der Waals surface area contributed by atoms with Crippen molar-refractivity contribution >= 4 is 39.0 Å². The molecule has 0 bridgehead atoms. The standard InChI is InChI=1S/C45H51N3O13/c1-4-33-29-10-12-46-32(29)20-48(33)39-41-26(15-31-35(52)13-23(2)59-42(31)39)16-37(44(3,60-41)11-9-24-14-38(54)47-19-24)61-58-22-45(57,43(56)40(55)36(53)21-49)18-25-5-8-34(51)28-7-6-27(50)17-30(25)28/h5-8,10,12-13,15,17,24,36-37,40,43,49-51,53,55-57H,4,9,11,14,16,18-22H2,1-3H3,(H,47,54)/t24-,36-,37-,40-,43+,44-,45+/m1/s1. The molecule has 324 valence electrons. The van der Waals surface area contributed by atoms with Crippen molar-refractivity contribution in [2.75, 3.05) is 31.2 Å². The summed E-state index contributed by atoms with van der Waals surface area (Å²) in [6.45, 7) is 4.83. The lowest BCUT2D eigenvalue weighted by atomic mass is 9.83. The lowest BCUT2D eigenvalue weighted by molar-refractivity contribution is -0.371. The minimum Gasteiger partial charge on any atom is -0.508 e. The number of rotatable bonds is 15. The normalized spacial score (nSPS) is 23.4. The van der Waals surface area contributed by atoms with Gasteiger partial charge >= 0.3 is 0 Å². The van der Waals surface area contributed by atoms with Crippen LogP contribution in [0.1, 0.15) is 56.4 Å². The van der Waals surface area contributed by atoms with Crippen LogP contribution in [0.3, 0.4) is 0 Å². The highest BCUT2D eigenvalue weighted by Gasteiger charge is 2.48. The molecule has 0 spiro atoms. The van der Waals surface area contributed by atoms with Gasteiger partial charge in [0.15, 0.2) is 16.8 Å². The summed E-state index contributed by atoms with van der Waals surface area (Å²) in [6, 6.07) is 10.3. The molecule has 1 amide bonds. The van der Waals surface area contributed by atoms with E-state index < -0.39 is 55.3 Å². The predicted octanol–water partition coefficient (Wildman–Crippen LogP) is 3.09. The van der Waals surface area contributed by atoms with Crippen LogP contribution < -0.4 is 20.4 Å². The van der Waals surface area contributed by atoms with E-state index in [0.717, 1.165) is 17.0 Å². The van der Waals surface area contributed by atoms with Gasteiger partial charge < -0.3 is 55.1 Å². The van der Waals surface area contributed by atoms with Gasteiger partial charge in [-0.3, -0.25) is 14.6 Å². The van der Waals surface area contributed by atoms with Gasteiger partial charge in [-0.05, 0) is 86.4 Å². The van der Waals surface area contributed by atoms with E-state index in [0.29, 0.717) is 88.8 Å². The van der Waals surface area contributed by atoms with E-state index in [1.165, 1.54) is 36.4 Å². The number of phenolic OH excluding ortho intramolecular Hbond substituents is 2. The highest BCUT2D eigenvalue weighted by atomic mass is 17.2. The molecule has 5 heterocycles. The first kappa shape index (κ1) is 42.4. The average Bonchev–Trinajstić information content (AvgIpc) is 3.96. The number of carbonyl (C=O) groups excluding carboxylic acids is 1. The van der Waals surface area contributed by atoms with Crippen LogP contribution in [-0.4, -0.2) is 109 Å². The van der Waals surface area contributed by atoms with E-state index in [1.807, 2.05) is 19.9 Å². The first-order chi connectivity index (χ1) is 29.1. The summed E-state index contributed by atoms with van der Waals surface area (Å²) in [7, 11) is 0.